The van der Waals surface area contributed by atoms with Crippen LogP contribution in [0.2, 0.25) is 0 Å². The molecule has 0 saturated carbocycles. The molecule has 106 valence electrons. The Balaban J connectivity index is 0.000000126. The van der Waals surface area contributed by atoms with Gasteiger partial charge >= 0.3 is 0 Å². The number of rotatable bonds is 0. The normalized spacial score (nSPS) is 10.6. The maximum Gasteiger partial charge on any atom is 0.0600 e. The topological polar surface area (TPSA) is 57.6 Å². The number of hydrogen-bond acceptors (Lipinski definition) is 1. The van der Waals surface area contributed by atoms with Crippen molar-refractivity contribution in [3.05, 3.63) is 64.9 Å². The van der Waals surface area contributed by atoms with Crippen LogP contribution in [0.25, 0.3) is 21.8 Å². The zero-order valence-corrected chi connectivity index (χ0v) is 13.2. The van der Waals surface area contributed by atoms with Crippen molar-refractivity contribution in [1.29, 1.82) is 0 Å². The monoisotopic (exact) mass is 341 g/mol. The minimum Gasteiger partial charge on any atom is -0.398 e. The number of anilines is 1. The molecule has 0 spiro atoms. The lowest BCUT2D eigenvalue weighted by Gasteiger charge is -1.92. The van der Waals surface area contributed by atoms with Crippen molar-refractivity contribution in [1.82, 2.24) is 9.97 Å². The fourth-order valence-electron chi connectivity index (χ4n) is 2.37. The number of nitrogen functional groups attached to an aromatic ring is 1. The molecule has 3 nitrogen and oxygen atoms in total. The molecular weight excluding hydrogens is 326 g/mol. The highest BCUT2D eigenvalue weighted by Gasteiger charge is 1.99. The zero-order valence-electron chi connectivity index (χ0n) is 11.7. The summed E-state index contributed by atoms with van der Waals surface area (Å²) in [7, 11) is 0. The Bertz CT molecular complexity index is 889. The van der Waals surface area contributed by atoms with Crippen LogP contribution >= 0.6 is 15.9 Å². The van der Waals surface area contributed by atoms with E-state index in [1.54, 1.807) is 0 Å². The summed E-state index contributed by atoms with van der Waals surface area (Å²) < 4.78 is 1.13. The van der Waals surface area contributed by atoms with Crippen LogP contribution in [0.4, 0.5) is 5.69 Å². The Morgan fingerprint density at radius 2 is 1.86 bits per heavy atom. The highest BCUT2D eigenvalue weighted by Crippen LogP contribution is 2.23. The zero-order chi connectivity index (χ0) is 14.8. The highest BCUT2D eigenvalue weighted by atomic mass is 79.9. The minimum atomic E-state index is 0.832. The van der Waals surface area contributed by atoms with Crippen molar-refractivity contribution >= 4 is 43.4 Å². The first-order valence-corrected chi connectivity index (χ1v) is 7.50. The SMILES string of the molecule is Cc1cc2cccc(Br)c2[nH]1.Nc1cccc2[nH]ccc12. The molecule has 4 rings (SSSR count). The Hall–Kier alpha value is -2.20. The van der Waals surface area contributed by atoms with E-state index in [4.69, 9.17) is 5.73 Å². The Kier molecular flexibility index (Phi) is 3.71. The third kappa shape index (κ3) is 2.81. The van der Waals surface area contributed by atoms with Crippen LogP contribution in [0.3, 0.4) is 0 Å². The molecule has 0 fully saturated rings. The predicted octanol–water partition coefficient (Wildman–Crippen LogP) is 4.99. The van der Waals surface area contributed by atoms with E-state index in [1.165, 1.54) is 16.6 Å². The maximum absolute atomic E-state index is 5.68. The van der Waals surface area contributed by atoms with Crippen LogP contribution in [0.15, 0.2) is 59.2 Å². The molecule has 21 heavy (non-hydrogen) atoms. The molecule has 4 aromatic rings. The van der Waals surface area contributed by atoms with E-state index in [0.717, 1.165) is 21.1 Å². The summed E-state index contributed by atoms with van der Waals surface area (Å²) in [4.78, 5) is 6.36. The van der Waals surface area contributed by atoms with Gasteiger partial charge in [0.1, 0.15) is 0 Å². The first-order chi connectivity index (χ1) is 10.1. The van der Waals surface area contributed by atoms with Gasteiger partial charge in [-0.3, -0.25) is 0 Å². The number of aromatic amines is 2. The molecule has 0 saturated heterocycles. The van der Waals surface area contributed by atoms with Gasteiger partial charge in [-0.15, -0.1) is 0 Å². The minimum absolute atomic E-state index is 0.832. The number of hydrogen-bond donors (Lipinski definition) is 3. The number of H-pyrrole nitrogens is 2. The van der Waals surface area contributed by atoms with E-state index in [2.05, 4.69) is 45.0 Å². The quantitative estimate of drug-likeness (QED) is 0.388. The van der Waals surface area contributed by atoms with Crippen LogP contribution < -0.4 is 5.73 Å². The van der Waals surface area contributed by atoms with Crippen LogP contribution in [0.1, 0.15) is 5.69 Å². The van der Waals surface area contributed by atoms with E-state index >= 15 is 0 Å². The highest BCUT2D eigenvalue weighted by molar-refractivity contribution is 9.10. The number of nitrogens with two attached hydrogens (primary N) is 1. The largest absolute Gasteiger partial charge is 0.398 e. The molecule has 4 N–H and O–H groups in total. The van der Waals surface area contributed by atoms with Crippen LogP contribution in [-0.2, 0) is 0 Å². The van der Waals surface area contributed by atoms with Crippen molar-refractivity contribution in [2.75, 3.05) is 5.73 Å². The number of aromatic nitrogens is 2. The number of nitrogens with one attached hydrogen (secondary N) is 2. The van der Waals surface area contributed by atoms with Gasteiger partial charge in [0, 0.05) is 38.3 Å². The van der Waals surface area contributed by atoms with Crippen molar-refractivity contribution in [3.63, 3.8) is 0 Å². The molecule has 0 atom stereocenters. The van der Waals surface area contributed by atoms with Gasteiger partial charge in [-0.2, -0.15) is 0 Å². The van der Waals surface area contributed by atoms with E-state index in [1.807, 2.05) is 42.6 Å². The molecule has 0 aliphatic rings. The summed E-state index contributed by atoms with van der Waals surface area (Å²) in [5.74, 6) is 0. The molecular formula is C17H16BrN3. The average Bonchev–Trinajstić information content (AvgIpc) is 3.06. The lowest BCUT2D eigenvalue weighted by Crippen LogP contribution is -1.82. The average molecular weight is 342 g/mol. The maximum atomic E-state index is 5.68. The third-order valence-electron chi connectivity index (χ3n) is 3.37. The second kappa shape index (κ2) is 5.66. The molecule has 0 aliphatic carbocycles. The molecule has 0 bridgehead atoms. The van der Waals surface area contributed by atoms with E-state index < -0.39 is 0 Å². The molecule has 2 heterocycles. The summed E-state index contributed by atoms with van der Waals surface area (Å²) in [5.41, 5.74) is 10.00. The molecule has 0 radical (unpaired) electrons. The van der Waals surface area contributed by atoms with Crippen LogP contribution in [0.5, 0.6) is 0 Å². The first-order valence-electron chi connectivity index (χ1n) is 6.70. The van der Waals surface area contributed by atoms with Crippen molar-refractivity contribution in [2.45, 2.75) is 6.92 Å². The van der Waals surface area contributed by atoms with Crippen LogP contribution in [0, 0.1) is 6.92 Å². The van der Waals surface area contributed by atoms with E-state index in [-0.39, 0.29) is 0 Å². The summed E-state index contributed by atoms with van der Waals surface area (Å²) >= 11 is 3.48. The lowest BCUT2D eigenvalue weighted by atomic mass is 10.2. The summed E-state index contributed by atoms with van der Waals surface area (Å²) in [6.07, 6.45) is 1.89. The second-order valence-electron chi connectivity index (χ2n) is 4.94. The summed E-state index contributed by atoms with van der Waals surface area (Å²) in [6.45, 7) is 2.06. The predicted molar refractivity (Wildman–Crippen MR) is 93.4 cm³/mol. The van der Waals surface area contributed by atoms with Gasteiger partial charge in [-0.1, -0.05) is 18.2 Å². The Morgan fingerprint density at radius 3 is 2.62 bits per heavy atom. The van der Waals surface area contributed by atoms with Crippen molar-refractivity contribution in [2.24, 2.45) is 0 Å². The van der Waals surface area contributed by atoms with E-state index in [0.29, 0.717) is 0 Å². The summed E-state index contributed by atoms with van der Waals surface area (Å²) in [6, 6.07) is 16.1. The molecule has 0 amide bonds. The molecule has 0 aliphatic heterocycles. The van der Waals surface area contributed by atoms with Crippen LogP contribution in [-0.4, -0.2) is 9.97 Å². The first kappa shape index (κ1) is 13.8. The Morgan fingerprint density at radius 1 is 1.05 bits per heavy atom. The number of benzene rings is 2. The fraction of sp³-hybridized carbons (Fsp3) is 0.0588. The number of para-hydroxylation sites is 1. The van der Waals surface area contributed by atoms with Crippen molar-refractivity contribution in [3.8, 4) is 0 Å². The molecule has 2 aromatic heterocycles. The smallest absolute Gasteiger partial charge is 0.0600 e. The Labute approximate surface area is 131 Å². The summed E-state index contributed by atoms with van der Waals surface area (Å²) in [5, 5.41) is 2.36. The third-order valence-corrected chi connectivity index (χ3v) is 4.03. The van der Waals surface area contributed by atoms with Gasteiger partial charge in [-0.05, 0) is 53.2 Å². The number of aryl methyl sites for hydroxylation is 1. The number of fused-ring (bicyclic) bond motifs is 2. The van der Waals surface area contributed by atoms with Gasteiger partial charge in [0.2, 0.25) is 0 Å². The fourth-order valence-corrected chi connectivity index (χ4v) is 2.85. The standard InChI is InChI=1S/C9H8BrN.C8H8N2/c1-6-5-7-3-2-4-8(10)9(7)11-6;9-7-2-1-3-8-6(7)4-5-10-8/h2-5,11H,1H3;1-5,10H,9H2. The number of halogens is 1. The molecule has 2 aromatic carbocycles. The van der Waals surface area contributed by atoms with Gasteiger partial charge in [0.05, 0.1) is 5.52 Å². The van der Waals surface area contributed by atoms with Crippen molar-refractivity contribution < 1.29 is 0 Å². The second-order valence-corrected chi connectivity index (χ2v) is 5.80. The molecule has 0 unspecified atom stereocenters. The van der Waals surface area contributed by atoms with Gasteiger partial charge < -0.3 is 15.7 Å². The molecule has 4 heteroatoms. The van der Waals surface area contributed by atoms with E-state index in [9.17, 15) is 0 Å². The van der Waals surface area contributed by atoms with Gasteiger partial charge in [-0.25, -0.2) is 0 Å². The lowest BCUT2D eigenvalue weighted by molar-refractivity contribution is 1.30. The van der Waals surface area contributed by atoms with Gasteiger partial charge in [0.25, 0.3) is 0 Å². The van der Waals surface area contributed by atoms with Gasteiger partial charge in [0.15, 0.2) is 0 Å².